The van der Waals surface area contributed by atoms with E-state index in [4.69, 9.17) is 4.74 Å². The molecule has 120 valence electrons. The zero-order chi connectivity index (χ0) is 14.1. The lowest BCUT2D eigenvalue weighted by molar-refractivity contribution is 0.0160. The van der Waals surface area contributed by atoms with Gasteiger partial charge in [-0.05, 0) is 63.8 Å². The van der Waals surface area contributed by atoms with Crippen LogP contribution in [0.3, 0.4) is 0 Å². The molecule has 21 heavy (non-hydrogen) atoms. The monoisotopic (exact) mass is 292 g/mol. The van der Waals surface area contributed by atoms with Gasteiger partial charge >= 0.3 is 0 Å². The van der Waals surface area contributed by atoms with E-state index in [-0.39, 0.29) is 0 Å². The highest BCUT2D eigenvalue weighted by atomic mass is 16.5. The van der Waals surface area contributed by atoms with Crippen LogP contribution in [-0.2, 0) is 4.74 Å². The van der Waals surface area contributed by atoms with E-state index in [0.29, 0.717) is 12.2 Å². The first-order chi connectivity index (χ1) is 10.4. The molecule has 3 unspecified atom stereocenters. The zero-order valence-corrected chi connectivity index (χ0v) is 13.4. The number of hydrogen-bond acceptors (Lipinski definition) is 3. The SMILES string of the molecule is C1CCC(C2CCCN2CC2CCC(CNC3CC3)O2)C1. The summed E-state index contributed by atoms with van der Waals surface area (Å²) in [7, 11) is 0. The number of nitrogens with zero attached hydrogens (tertiary/aromatic N) is 1. The van der Waals surface area contributed by atoms with Crippen LogP contribution < -0.4 is 5.32 Å². The minimum absolute atomic E-state index is 0.489. The van der Waals surface area contributed by atoms with Crippen molar-refractivity contribution in [3.8, 4) is 0 Å². The molecule has 4 aliphatic rings. The normalized spacial score (nSPS) is 38.6. The molecule has 0 radical (unpaired) electrons. The Labute approximate surface area is 129 Å². The third-order valence-corrected chi connectivity index (χ3v) is 6.20. The third-order valence-electron chi connectivity index (χ3n) is 6.20. The lowest BCUT2D eigenvalue weighted by Crippen LogP contribution is -2.40. The van der Waals surface area contributed by atoms with E-state index in [1.54, 1.807) is 0 Å². The Morgan fingerprint density at radius 3 is 2.48 bits per heavy atom. The predicted octanol–water partition coefficient (Wildman–Crippen LogP) is 2.94. The number of ether oxygens (including phenoxy) is 1. The average molecular weight is 292 g/mol. The number of nitrogens with one attached hydrogen (secondary N) is 1. The Balaban J connectivity index is 1.23. The maximum absolute atomic E-state index is 6.31. The average Bonchev–Trinajstić information content (AvgIpc) is 2.92. The molecule has 0 aromatic heterocycles. The van der Waals surface area contributed by atoms with Crippen LogP contribution in [0.5, 0.6) is 0 Å². The molecule has 0 amide bonds. The molecule has 0 spiro atoms. The molecule has 0 aromatic rings. The van der Waals surface area contributed by atoms with E-state index in [1.165, 1.54) is 77.3 Å². The summed E-state index contributed by atoms with van der Waals surface area (Å²) in [6, 6.07) is 1.71. The molecule has 3 nitrogen and oxygen atoms in total. The third kappa shape index (κ3) is 3.62. The Kier molecular flexibility index (Phi) is 4.52. The van der Waals surface area contributed by atoms with E-state index in [2.05, 4.69) is 10.2 Å². The van der Waals surface area contributed by atoms with Crippen molar-refractivity contribution in [1.82, 2.24) is 10.2 Å². The summed E-state index contributed by atoms with van der Waals surface area (Å²) in [6.07, 6.45) is 15.1. The van der Waals surface area contributed by atoms with Crippen LogP contribution in [0.4, 0.5) is 0 Å². The summed E-state index contributed by atoms with van der Waals surface area (Å²) >= 11 is 0. The highest BCUT2D eigenvalue weighted by Gasteiger charge is 2.36. The molecule has 2 aliphatic carbocycles. The smallest absolute Gasteiger partial charge is 0.0707 e. The molecule has 4 fully saturated rings. The van der Waals surface area contributed by atoms with E-state index in [0.717, 1.165) is 24.5 Å². The van der Waals surface area contributed by atoms with Crippen molar-refractivity contribution in [2.24, 2.45) is 5.92 Å². The molecular formula is C18H32N2O. The minimum Gasteiger partial charge on any atom is -0.372 e. The summed E-state index contributed by atoms with van der Waals surface area (Å²) in [4.78, 5) is 2.79. The van der Waals surface area contributed by atoms with Crippen molar-refractivity contribution in [3.05, 3.63) is 0 Å². The van der Waals surface area contributed by atoms with Gasteiger partial charge in [-0.1, -0.05) is 12.8 Å². The second kappa shape index (κ2) is 6.55. The van der Waals surface area contributed by atoms with E-state index in [9.17, 15) is 0 Å². The first kappa shape index (κ1) is 14.5. The first-order valence-electron chi connectivity index (χ1n) is 9.51. The fourth-order valence-corrected chi connectivity index (χ4v) is 4.87. The molecule has 2 saturated heterocycles. The first-order valence-corrected chi connectivity index (χ1v) is 9.51. The van der Waals surface area contributed by atoms with Crippen LogP contribution in [0, 0.1) is 5.92 Å². The fourth-order valence-electron chi connectivity index (χ4n) is 4.87. The van der Waals surface area contributed by atoms with Crippen molar-refractivity contribution in [2.75, 3.05) is 19.6 Å². The van der Waals surface area contributed by atoms with Gasteiger partial charge in [0.2, 0.25) is 0 Å². The molecule has 2 saturated carbocycles. The number of likely N-dealkylation sites (tertiary alicyclic amines) is 1. The van der Waals surface area contributed by atoms with Gasteiger partial charge in [0.1, 0.15) is 0 Å². The number of hydrogen-bond donors (Lipinski definition) is 1. The quantitative estimate of drug-likeness (QED) is 0.814. The van der Waals surface area contributed by atoms with Crippen LogP contribution in [0.25, 0.3) is 0 Å². The molecular weight excluding hydrogens is 260 g/mol. The largest absolute Gasteiger partial charge is 0.372 e. The zero-order valence-electron chi connectivity index (χ0n) is 13.4. The summed E-state index contributed by atoms with van der Waals surface area (Å²) in [5.74, 6) is 1.00. The van der Waals surface area contributed by atoms with Gasteiger partial charge in [-0.2, -0.15) is 0 Å². The summed E-state index contributed by atoms with van der Waals surface area (Å²) < 4.78 is 6.31. The van der Waals surface area contributed by atoms with Gasteiger partial charge in [-0.25, -0.2) is 0 Å². The van der Waals surface area contributed by atoms with Crippen LogP contribution in [-0.4, -0.2) is 48.8 Å². The molecule has 2 heterocycles. The maximum Gasteiger partial charge on any atom is 0.0707 e. The number of rotatable bonds is 6. The second-order valence-electron chi connectivity index (χ2n) is 7.89. The lowest BCUT2D eigenvalue weighted by atomic mass is 9.96. The molecule has 4 rings (SSSR count). The fraction of sp³-hybridized carbons (Fsp3) is 1.00. The van der Waals surface area contributed by atoms with Gasteiger partial charge in [0, 0.05) is 25.2 Å². The highest BCUT2D eigenvalue weighted by Crippen LogP contribution is 2.36. The molecule has 3 heteroatoms. The maximum atomic E-state index is 6.31. The Morgan fingerprint density at radius 1 is 0.857 bits per heavy atom. The van der Waals surface area contributed by atoms with Crippen LogP contribution in [0.15, 0.2) is 0 Å². The van der Waals surface area contributed by atoms with Crippen LogP contribution in [0.2, 0.25) is 0 Å². The van der Waals surface area contributed by atoms with Gasteiger partial charge in [0.05, 0.1) is 12.2 Å². The van der Waals surface area contributed by atoms with Crippen molar-refractivity contribution >= 4 is 0 Å². The van der Waals surface area contributed by atoms with Crippen molar-refractivity contribution in [2.45, 2.75) is 88.5 Å². The van der Waals surface area contributed by atoms with Gasteiger partial charge < -0.3 is 10.1 Å². The minimum atomic E-state index is 0.489. The van der Waals surface area contributed by atoms with E-state index < -0.39 is 0 Å². The Bertz CT molecular complexity index is 338. The second-order valence-corrected chi connectivity index (χ2v) is 7.89. The van der Waals surface area contributed by atoms with Crippen molar-refractivity contribution < 1.29 is 4.74 Å². The molecule has 1 N–H and O–H groups in total. The highest BCUT2D eigenvalue weighted by molar-refractivity contribution is 4.90. The van der Waals surface area contributed by atoms with Crippen LogP contribution in [0.1, 0.15) is 64.2 Å². The molecule has 0 bridgehead atoms. The molecule has 0 aromatic carbocycles. The van der Waals surface area contributed by atoms with E-state index >= 15 is 0 Å². The standard InChI is InChI=1S/C18H32N2O/c1-2-5-14(4-1)18-6-3-11-20(18)13-17-10-9-16(21-17)12-19-15-7-8-15/h14-19H,1-13H2. The van der Waals surface area contributed by atoms with Gasteiger partial charge in [0.15, 0.2) is 0 Å². The van der Waals surface area contributed by atoms with Crippen molar-refractivity contribution in [1.29, 1.82) is 0 Å². The Hall–Kier alpha value is -0.120. The lowest BCUT2D eigenvalue weighted by Gasteiger charge is -2.31. The molecule has 2 aliphatic heterocycles. The van der Waals surface area contributed by atoms with Crippen molar-refractivity contribution in [3.63, 3.8) is 0 Å². The molecule has 3 atom stereocenters. The Morgan fingerprint density at radius 2 is 1.67 bits per heavy atom. The topological polar surface area (TPSA) is 24.5 Å². The summed E-state index contributed by atoms with van der Waals surface area (Å²) in [5.41, 5.74) is 0. The summed E-state index contributed by atoms with van der Waals surface area (Å²) in [6.45, 7) is 3.63. The van der Waals surface area contributed by atoms with Gasteiger partial charge in [-0.3, -0.25) is 4.90 Å². The summed E-state index contributed by atoms with van der Waals surface area (Å²) in [5, 5.41) is 3.63. The van der Waals surface area contributed by atoms with Gasteiger partial charge in [-0.15, -0.1) is 0 Å². The van der Waals surface area contributed by atoms with Crippen LogP contribution >= 0.6 is 0 Å². The predicted molar refractivity (Wildman–Crippen MR) is 85.5 cm³/mol. The van der Waals surface area contributed by atoms with E-state index in [1.807, 2.05) is 0 Å². The van der Waals surface area contributed by atoms with Gasteiger partial charge in [0.25, 0.3) is 0 Å².